The van der Waals surface area contributed by atoms with E-state index in [2.05, 4.69) is 22.5 Å². The van der Waals surface area contributed by atoms with Crippen LogP contribution in [-0.4, -0.2) is 62.7 Å². The van der Waals surface area contributed by atoms with Gasteiger partial charge >= 0.3 is 0 Å². The van der Waals surface area contributed by atoms with Gasteiger partial charge in [-0.05, 0) is 103 Å². The van der Waals surface area contributed by atoms with Crippen molar-refractivity contribution in [3.8, 4) is 5.75 Å². The van der Waals surface area contributed by atoms with Crippen LogP contribution in [0.1, 0.15) is 53.9 Å². The predicted molar refractivity (Wildman–Crippen MR) is 208 cm³/mol. The maximum Gasteiger partial charge on any atom is 0.260 e. The van der Waals surface area contributed by atoms with Gasteiger partial charge in [0.25, 0.3) is 11.8 Å². The van der Waals surface area contributed by atoms with Crippen molar-refractivity contribution in [2.75, 3.05) is 18.5 Å². The van der Waals surface area contributed by atoms with Crippen molar-refractivity contribution < 1.29 is 28.7 Å². The number of nitrogens with zero attached hydrogens (tertiary/aromatic N) is 3. The molecular weight excluding hydrogens is 731 g/mol. The highest BCUT2D eigenvalue weighted by atomic mass is 35.5. The lowest BCUT2D eigenvalue weighted by atomic mass is 9.49. The van der Waals surface area contributed by atoms with Gasteiger partial charge in [-0.15, -0.1) is 0 Å². The Morgan fingerprint density at radius 1 is 0.857 bits per heavy atom. The second-order valence-corrected chi connectivity index (χ2v) is 16.4. The van der Waals surface area contributed by atoms with Crippen LogP contribution in [-0.2, 0) is 31.1 Å². The summed E-state index contributed by atoms with van der Waals surface area (Å²) in [6.07, 6.45) is 3.90. The summed E-state index contributed by atoms with van der Waals surface area (Å²) in [7, 11) is 0. The van der Waals surface area contributed by atoms with Crippen molar-refractivity contribution in [2.45, 2.75) is 56.5 Å². The van der Waals surface area contributed by atoms with E-state index in [4.69, 9.17) is 11.6 Å². The number of likely N-dealkylation sites (tertiary alicyclic amines) is 2. The Morgan fingerprint density at radius 2 is 1.57 bits per heavy atom. The lowest BCUT2D eigenvalue weighted by Crippen LogP contribution is -2.53. The first-order valence-electron chi connectivity index (χ1n) is 19.4. The van der Waals surface area contributed by atoms with E-state index < -0.39 is 52.6 Å². The molecular formula is C45H42ClFN4O5. The molecule has 0 spiro atoms. The van der Waals surface area contributed by atoms with Gasteiger partial charge < -0.3 is 5.11 Å². The maximum absolute atomic E-state index is 15.3. The van der Waals surface area contributed by atoms with Crippen molar-refractivity contribution in [1.82, 2.24) is 14.8 Å². The summed E-state index contributed by atoms with van der Waals surface area (Å²) >= 11 is 6.40. The van der Waals surface area contributed by atoms with Crippen LogP contribution >= 0.6 is 11.6 Å². The van der Waals surface area contributed by atoms with E-state index in [0.717, 1.165) is 30.2 Å². The molecule has 0 aromatic heterocycles. The van der Waals surface area contributed by atoms with Crippen molar-refractivity contribution in [3.63, 3.8) is 0 Å². The third-order valence-corrected chi connectivity index (χ3v) is 13.3. The molecule has 286 valence electrons. The van der Waals surface area contributed by atoms with E-state index in [0.29, 0.717) is 46.7 Å². The average molecular weight is 773 g/mol. The lowest BCUT2D eigenvalue weighted by Gasteiger charge is -2.50. The molecule has 56 heavy (non-hydrogen) atoms. The number of allylic oxidation sites excluding steroid dienone is 2. The van der Waals surface area contributed by atoms with Gasteiger partial charge in [-0.1, -0.05) is 77.8 Å². The highest BCUT2D eigenvalue weighted by Crippen LogP contribution is 2.64. The number of carbonyl (C=O) groups is 4. The van der Waals surface area contributed by atoms with Gasteiger partial charge in [0.05, 0.1) is 28.9 Å². The molecule has 3 saturated heterocycles. The van der Waals surface area contributed by atoms with E-state index in [1.807, 2.05) is 30.3 Å². The summed E-state index contributed by atoms with van der Waals surface area (Å²) in [6, 6.07) is 27.7. The first kappa shape index (κ1) is 36.3. The van der Waals surface area contributed by atoms with Gasteiger partial charge in [0.2, 0.25) is 11.8 Å². The number of hydrazine groups is 1. The Labute approximate surface area is 329 Å². The number of carbonyl (C=O) groups excluding carboxylic acids is 4. The summed E-state index contributed by atoms with van der Waals surface area (Å²) < 4.78 is 13.9. The molecule has 0 radical (unpaired) electrons. The molecule has 6 atom stereocenters. The second kappa shape index (κ2) is 14.0. The zero-order valence-electron chi connectivity index (χ0n) is 30.9. The predicted octanol–water partition coefficient (Wildman–Crippen LogP) is 7.14. The summed E-state index contributed by atoms with van der Waals surface area (Å²) in [5.74, 6) is -5.12. The van der Waals surface area contributed by atoms with Gasteiger partial charge in [0, 0.05) is 36.6 Å². The summed E-state index contributed by atoms with van der Waals surface area (Å²) in [5, 5.41) is 12.1. The fraction of sp³-hybridized carbons (Fsp3) is 0.333. The van der Waals surface area contributed by atoms with Crippen LogP contribution in [0.25, 0.3) is 0 Å². The molecule has 4 fully saturated rings. The van der Waals surface area contributed by atoms with Crippen LogP contribution in [0.4, 0.5) is 10.1 Å². The number of piperidine rings is 1. The molecule has 9 rings (SSSR count). The number of amides is 4. The number of hydrogen-bond donors (Lipinski definition) is 2. The molecule has 4 aromatic carbocycles. The van der Waals surface area contributed by atoms with Crippen molar-refractivity contribution >= 4 is 40.9 Å². The molecule has 6 unspecified atom stereocenters. The fourth-order valence-electron chi connectivity index (χ4n) is 10.4. The monoisotopic (exact) mass is 772 g/mol. The number of nitrogens with one attached hydrogen (secondary N) is 1. The number of aromatic hydroxyl groups is 1. The molecule has 3 aliphatic heterocycles. The number of rotatable bonds is 7. The molecule has 11 heteroatoms. The molecule has 5 aliphatic rings. The van der Waals surface area contributed by atoms with E-state index in [1.165, 1.54) is 34.7 Å². The van der Waals surface area contributed by atoms with Crippen molar-refractivity contribution in [3.05, 3.63) is 142 Å². The van der Waals surface area contributed by atoms with Crippen molar-refractivity contribution in [1.29, 1.82) is 0 Å². The Bertz CT molecular complexity index is 2260. The summed E-state index contributed by atoms with van der Waals surface area (Å²) in [4.78, 5) is 63.2. The number of imide groups is 2. The molecule has 4 amide bonds. The van der Waals surface area contributed by atoms with Crippen LogP contribution in [0, 0.1) is 36.4 Å². The number of hydrogen-bond acceptors (Lipinski definition) is 7. The number of phenols is 1. The molecule has 2 N–H and O–H groups in total. The number of halogens is 2. The van der Waals surface area contributed by atoms with Crippen LogP contribution in [0.2, 0.25) is 5.02 Å². The molecule has 4 aromatic rings. The smallest absolute Gasteiger partial charge is 0.260 e. The van der Waals surface area contributed by atoms with Gasteiger partial charge in [-0.2, -0.15) is 5.01 Å². The molecule has 0 bridgehead atoms. The fourth-order valence-corrected chi connectivity index (χ4v) is 10.6. The maximum atomic E-state index is 15.3. The number of fused-ring (bicyclic) bond motifs is 4. The zero-order chi connectivity index (χ0) is 38.9. The quantitative estimate of drug-likeness (QED) is 0.152. The molecule has 2 aliphatic carbocycles. The van der Waals surface area contributed by atoms with Crippen LogP contribution in [0.3, 0.4) is 0 Å². The van der Waals surface area contributed by atoms with Gasteiger partial charge in [0.15, 0.2) is 0 Å². The highest BCUT2D eigenvalue weighted by molar-refractivity contribution is 6.30. The largest absolute Gasteiger partial charge is 0.508 e. The highest BCUT2D eigenvalue weighted by Gasteiger charge is 2.70. The Hall–Kier alpha value is -5.32. The minimum atomic E-state index is -1.48. The third-order valence-electron chi connectivity index (χ3n) is 13.0. The normalized spacial score (nSPS) is 27.9. The standard InChI is InChI=1S/C45H42ClFN4O5/c1-26-23-28(7-18-38(26)52)40-34-16-17-35-39(43(55)50(41(35)53)33-19-21-49(22-20-33)25-27-5-3-2-4-6-27)36(34)24-37-42(54)51(48-32-14-12-31(47)13-15-32)44(56)45(37,40)29-8-10-30(46)11-9-29/h2-16,18,23,33,35-37,39-40,48,52H,17,19-22,24-25H2,1H3. The molecule has 3 heterocycles. The van der Waals surface area contributed by atoms with Gasteiger partial charge in [0.1, 0.15) is 11.6 Å². The number of phenolic OH excluding ortho intramolecular Hbond substituents is 1. The number of aryl methyl sites for hydroxylation is 1. The third kappa shape index (κ3) is 5.75. The topological polar surface area (TPSA) is 110 Å². The SMILES string of the molecule is Cc1cc(C2C3=CCC4C(=O)N(C5CCN(Cc6ccccc6)CC5)C(=O)C4C3CC3C(=O)N(Nc4ccc(F)cc4)C(=O)C32c2ccc(Cl)cc2)ccc1O. The van der Waals surface area contributed by atoms with Gasteiger partial charge in [-0.25, -0.2) is 4.39 Å². The Balaban J connectivity index is 1.11. The van der Waals surface area contributed by atoms with E-state index in [1.54, 1.807) is 43.3 Å². The first-order valence-corrected chi connectivity index (χ1v) is 19.7. The minimum Gasteiger partial charge on any atom is -0.508 e. The summed E-state index contributed by atoms with van der Waals surface area (Å²) in [5.41, 5.74) is 5.81. The number of benzene rings is 4. The Kier molecular flexibility index (Phi) is 9.09. The lowest BCUT2D eigenvalue weighted by molar-refractivity contribution is -0.144. The second-order valence-electron chi connectivity index (χ2n) is 16.0. The number of anilines is 1. The van der Waals surface area contributed by atoms with Crippen LogP contribution in [0.5, 0.6) is 5.75 Å². The van der Waals surface area contributed by atoms with Gasteiger partial charge in [-0.3, -0.25) is 34.4 Å². The van der Waals surface area contributed by atoms with Crippen LogP contribution < -0.4 is 5.43 Å². The van der Waals surface area contributed by atoms with E-state index in [-0.39, 0.29) is 30.0 Å². The Morgan fingerprint density at radius 3 is 2.27 bits per heavy atom. The molecule has 9 nitrogen and oxygen atoms in total. The van der Waals surface area contributed by atoms with Crippen LogP contribution in [0.15, 0.2) is 109 Å². The molecule has 1 saturated carbocycles. The first-order chi connectivity index (χ1) is 27.1. The van der Waals surface area contributed by atoms with E-state index >= 15 is 4.79 Å². The minimum absolute atomic E-state index is 0.0892. The zero-order valence-corrected chi connectivity index (χ0v) is 31.7. The average Bonchev–Trinajstić information content (AvgIpc) is 3.58. The van der Waals surface area contributed by atoms with Crippen molar-refractivity contribution in [2.24, 2.45) is 23.7 Å². The summed E-state index contributed by atoms with van der Waals surface area (Å²) in [6.45, 7) is 4.12. The van der Waals surface area contributed by atoms with E-state index in [9.17, 15) is 23.9 Å².